The monoisotopic (exact) mass is 357 g/mol. The van der Waals surface area contributed by atoms with E-state index < -0.39 is 5.60 Å². The van der Waals surface area contributed by atoms with E-state index in [1.54, 1.807) is 0 Å². The molecule has 0 aliphatic carbocycles. The van der Waals surface area contributed by atoms with Crippen LogP contribution in [0, 0.1) is 5.92 Å². The molecule has 1 N–H and O–H groups in total. The van der Waals surface area contributed by atoms with Crippen LogP contribution >= 0.6 is 12.6 Å². The Morgan fingerprint density at radius 3 is 2.25 bits per heavy atom. The molecule has 0 aromatic rings. The number of thiol groups is 1. The van der Waals surface area contributed by atoms with Gasteiger partial charge in [0.15, 0.2) is 0 Å². The third kappa shape index (κ3) is 4.46. The Hall–Kier alpha value is 0.150. The Balaban J connectivity index is 1.25. The van der Waals surface area contributed by atoms with E-state index in [9.17, 15) is 5.11 Å². The standard InChI is InChI=1S/C18H35N3O2S/c1-13(2)19-6-15(7-19)5-17(24)20-8-16(9-20)23-10-14(3)21-11-18(4,22)12-21/h13-17,22,24H,5-12H2,1-4H3. The number of nitrogens with zero attached hydrogens (tertiary/aromatic N) is 3. The van der Waals surface area contributed by atoms with Crippen LogP contribution in [0.5, 0.6) is 0 Å². The molecule has 0 saturated carbocycles. The summed E-state index contributed by atoms with van der Waals surface area (Å²) >= 11 is 4.81. The molecule has 0 amide bonds. The Morgan fingerprint density at radius 1 is 1.08 bits per heavy atom. The van der Waals surface area contributed by atoms with Gasteiger partial charge in [-0.15, -0.1) is 0 Å². The number of β-amino-alcohol motifs (C(OH)–C–C–N with tert-alkyl or cyclic N) is 1. The SMILES string of the molecule is CC(C)N1CC(CC(S)N2CC(OCC(C)N3CC(C)(O)C3)C2)C1. The molecule has 3 aliphatic heterocycles. The summed E-state index contributed by atoms with van der Waals surface area (Å²) in [5.41, 5.74) is -0.493. The van der Waals surface area contributed by atoms with Gasteiger partial charge < -0.3 is 14.7 Å². The fourth-order valence-electron chi connectivity index (χ4n) is 3.97. The van der Waals surface area contributed by atoms with Gasteiger partial charge in [-0.2, -0.15) is 12.6 Å². The minimum Gasteiger partial charge on any atom is -0.388 e. The van der Waals surface area contributed by atoms with Gasteiger partial charge in [0.2, 0.25) is 0 Å². The van der Waals surface area contributed by atoms with E-state index >= 15 is 0 Å². The zero-order valence-corrected chi connectivity index (χ0v) is 16.6. The molecular weight excluding hydrogens is 322 g/mol. The molecule has 3 saturated heterocycles. The predicted molar refractivity (Wildman–Crippen MR) is 101 cm³/mol. The van der Waals surface area contributed by atoms with Gasteiger partial charge in [-0.05, 0) is 40.0 Å². The first-order chi connectivity index (χ1) is 11.2. The first-order valence-corrected chi connectivity index (χ1v) is 9.99. The lowest BCUT2D eigenvalue weighted by Crippen LogP contribution is -2.63. The summed E-state index contributed by atoms with van der Waals surface area (Å²) in [6.07, 6.45) is 1.55. The third-order valence-corrected chi connectivity index (χ3v) is 6.38. The lowest BCUT2D eigenvalue weighted by Gasteiger charge is -2.49. The Labute approximate surface area is 152 Å². The molecule has 5 nitrogen and oxygen atoms in total. The highest BCUT2D eigenvalue weighted by Crippen LogP contribution is 2.29. The van der Waals surface area contributed by atoms with E-state index in [1.165, 1.54) is 19.5 Å². The largest absolute Gasteiger partial charge is 0.388 e. The number of hydrogen-bond donors (Lipinski definition) is 2. The van der Waals surface area contributed by atoms with Gasteiger partial charge in [0.25, 0.3) is 0 Å². The van der Waals surface area contributed by atoms with Gasteiger partial charge in [-0.25, -0.2) is 0 Å². The second-order valence-electron chi connectivity index (χ2n) is 8.79. The highest BCUT2D eigenvalue weighted by Gasteiger charge is 2.40. The highest BCUT2D eigenvalue weighted by atomic mass is 32.1. The fraction of sp³-hybridized carbons (Fsp3) is 1.00. The molecule has 0 aromatic carbocycles. The van der Waals surface area contributed by atoms with E-state index in [2.05, 4.69) is 35.5 Å². The van der Waals surface area contributed by atoms with Gasteiger partial charge in [-0.3, -0.25) is 9.80 Å². The quantitative estimate of drug-likeness (QED) is 0.637. The smallest absolute Gasteiger partial charge is 0.0872 e. The maximum Gasteiger partial charge on any atom is 0.0872 e. The average molecular weight is 358 g/mol. The number of rotatable bonds is 8. The van der Waals surface area contributed by atoms with E-state index in [1.807, 2.05) is 6.92 Å². The van der Waals surface area contributed by atoms with Crippen molar-refractivity contribution in [3.8, 4) is 0 Å². The van der Waals surface area contributed by atoms with Crippen molar-refractivity contribution in [1.29, 1.82) is 0 Å². The van der Waals surface area contributed by atoms with E-state index in [-0.39, 0.29) is 0 Å². The van der Waals surface area contributed by atoms with Crippen LogP contribution in [0.15, 0.2) is 0 Å². The molecule has 140 valence electrons. The van der Waals surface area contributed by atoms with E-state index in [0.717, 1.165) is 38.7 Å². The van der Waals surface area contributed by atoms with Crippen LogP contribution in [0.2, 0.25) is 0 Å². The molecular formula is C18H35N3O2S. The maximum atomic E-state index is 9.81. The molecule has 3 fully saturated rings. The van der Waals surface area contributed by atoms with Gasteiger partial charge in [0.1, 0.15) is 0 Å². The van der Waals surface area contributed by atoms with Crippen molar-refractivity contribution in [2.45, 2.75) is 63.3 Å². The molecule has 2 unspecified atom stereocenters. The maximum absolute atomic E-state index is 9.81. The average Bonchev–Trinajstić information content (AvgIpc) is 2.36. The molecule has 0 bridgehead atoms. The summed E-state index contributed by atoms with van der Waals surface area (Å²) in [5, 5.41) is 10.2. The van der Waals surface area contributed by atoms with Crippen LogP contribution in [-0.2, 0) is 4.74 Å². The molecule has 3 aliphatic rings. The van der Waals surface area contributed by atoms with Crippen molar-refractivity contribution >= 4 is 12.6 Å². The first-order valence-electron chi connectivity index (χ1n) is 9.48. The molecule has 0 aromatic heterocycles. The number of ether oxygens (including phenoxy) is 1. The summed E-state index contributed by atoms with van der Waals surface area (Å²) in [4.78, 5) is 7.25. The van der Waals surface area contributed by atoms with Crippen molar-refractivity contribution in [2.24, 2.45) is 5.92 Å². The lowest BCUT2D eigenvalue weighted by molar-refractivity contribution is -0.127. The third-order valence-electron chi connectivity index (χ3n) is 5.84. The topological polar surface area (TPSA) is 39.2 Å². The minimum absolute atomic E-state index is 0.359. The Bertz CT molecular complexity index is 414. The second-order valence-corrected chi connectivity index (χ2v) is 9.39. The van der Waals surface area contributed by atoms with Gasteiger partial charge in [-0.1, -0.05) is 0 Å². The van der Waals surface area contributed by atoms with Crippen molar-refractivity contribution in [2.75, 3.05) is 45.9 Å². The molecule has 2 atom stereocenters. The van der Waals surface area contributed by atoms with E-state index in [4.69, 9.17) is 17.4 Å². The van der Waals surface area contributed by atoms with Gasteiger partial charge >= 0.3 is 0 Å². The summed E-state index contributed by atoms with van der Waals surface area (Å²) in [5.74, 6) is 0.814. The van der Waals surface area contributed by atoms with Crippen molar-refractivity contribution in [1.82, 2.24) is 14.7 Å². The van der Waals surface area contributed by atoms with Crippen LogP contribution in [0.25, 0.3) is 0 Å². The fourth-order valence-corrected chi connectivity index (χ4v) is 4.45. The Kier molecular flexibility index (Phi) is 5.84. The van der Waals surface area contributed by atoms with Gasteiger partial charge in [0, 0.05) is 51.4 Å². The summed E-state index contributed by atoms with van der Waals surface area (Å²) in [6, 6.07) is 1.07. The van der Waals surface area contributed by atoms with Crippen LogP contribution in [-0.4, -0.2) is 94.8 Å². The molecule has 6 heteroatoms. The van der Waals surface area contributed by atoms with Crippen LogP contribution in [0.1, 0.15) is 34.1 Å². The summed E-state index contributed by atoms with van der Waals surface area (Å²) in [7, 11) is 0. The van der Waals surface area contributed by atoms with Crippen LogP contribution in [0.3, 0.4) is 0 Å². The zero-order chi connectivity index (χ0) is 17.5. The molecule has 0 spiro atoms. The van der Waals surface area contributed by atoms with Crippen LogP contribution in [0.4, 0.5) is 0 Å². The van der Waals surface area contributed by atoms with Crippen LogP contribution < -0.4 is 0 Å². The van der Waals surface area contributed by atoms with E-state index in [0.29, 0.717) is 23.6 Å². The zero-order valence-electron chi connectivity index (χ0n) is 15.7. The van der Waals surface area contributed by atoms with Gasteiger partial charge in [0.05, 0.1) is 23.7 Å². The number of likely N-dealkylation sites (tertiary alicyclic amines) is 3. The molecule has 24 heavy (non-hydrogen) atoms. The molecule has 3 heterocycles. The first kappa shape index (κ1) is 18.9. The predicted octanol–water partition coefficient (Wildman–Crippen LogP) is 1.13. The normalized spacial score (nSPS) is 29.1. The Morgan fingerprint density at radius 2 is 1.71 bits per heavy atom. The van der Waals surface area contributed by atoms with Crippen molar-refractivity contribution in [3.05, 3.63) is 0 Å². The lowest BCUT2D eigenvalue weighted by atomic mass is 9.93. The summed E-state index contributed by atoms with van der Waals surface area (Å²) in [6.45, 7) is 15.4. The minimum atomic E-state index is -0.493. The summed E-state index contributed by atoms with van der Waals surface area (Å²) < 4.78 is 6.03. The molecule has 0 radical (unpaired) electrons. The highest BCUT2D eigenvalue weighted by molar-refractivity contribution is 7.80. The second kappa shape index (κ2) is 7.41. The van der Waals surface area contributed by atoms with Crippen molar-refractivity contribution in [3.63, 3.8) is 0 Å². The van der Waals surface area contributed by atoms with Crippen molar-refractivity contribution < 1.29 is 9.84 Å². The molecule has 3 rings (SSSR count). The number of hydrogen-bond acceptors (Lipinski definition) is 6. The number of aliphatic hydroxyl groups is 1.